The van der Waals surface area contributed by atoms with Crippen molar-refractivity contribution in [1.29, 1.82) is 0 Å². The van der Waals surface area contributed by atoms with Crippen molar-refractivity contribution in [3.05, 3.63) is 34.9 Å². The number of rotatable bonds is 1. The largest absolute Gasteiger partial charge is 0.706 e. The number of hydrogen-bond acceptors (Lipinski definition) is 1. The van der Waals surface area contributed by atoms with E-state index in [0.717, 1.165) is 0 Å². The lowest BCUT2D eigenvalue weighted by Gasteiger charge is -2.25. The molecule has 0 aromatic heterocycles. The van der Waals surface area contributed by atoms with Gasteiger partial charge in [-0.15, -0.1) is 0 Å². The zero-order valence-electron chi connectivity index (χ0n) is 11.1. The highest BCUT2D eigenvalue weighted by molar-refractivity contribution is 5.47. The van der Waals surface area contributed by atoms with Crippen LogP contribution in [0.5, 0.6) is 0 Å². The van der Waals surface area contributed by atoms with E-state index in [0.29, 0.717) is 5.69 Å². The average molecular weight is 217 g/mol. The molecule has 0 aliphatic heterocycles. The van der Waals surface area contributed by atoms with Crippen LogP contribution in [0, 0.1) is 0 Å². The predicted octanol–water partition coefficient (Wildman–Crippen LogP) is 4.93. The lowest BCUT2D eigenvalue weighted by Crippen LogP contribution is -2.15. The fraction of sp³-hybridized carbons (Fsp3) is 0.571. The first-order valence-electron chi connectivity index (χ1n) is 5.66. The van der Waals surface area contributed by atoms with Crippen molar-refractivity contribution >= 4 is 5.69 Å². The molecule has 0 unspecified atom stereocenters. The van der Waals surface area contributed by atoms with Gasteiger partial charge in [-0.25, -0.2) is 0 Å². The Labute approximate surface area is 98.6 Å². The van der Waals surface area contributed by atoms with Crippen molar-refractivity contribution in [3.63, 3.8) is 0 Å². The molecule has 88 valence electrons. The van der Waals surface area contributed by atoms with Gasteiger partial charge in [0.2, 0.25) is 0 Å². The van der Waals surface area contributed by atoms with Gasteiger partial charge in [-0.05, 0) is 34.1 Å². The number of nitrogens with zero attached hydrogens (tertiary/aromatic N) is 2. The molecule has 0 amide bonds. The molecule has 0 saturated carbocycles. The Morgan fingerprint density at radius 1 is 0.812 bits per heavy atom. The molecule has 0 aliphatic rings. The SMILES string of the molecule is CC(C)(C)c1cc(N=[N-])cc(C(C)(C)C)c1. The van der Waals surface area contributed by atoms with Gasteiger partial charge >= 0.3 is 0 Å². The van der Waals surface area contributed by atoms with Gasteiger partial charge in [0.1, 0.15) is 0 Å². The Hall–Kier alpha value is -1.18. The van der Waals surface area contributed by atoms with Crippen molar-refractivity contribution < 1.29 is 0 Å². The second-order valence-electron chi connectivity index (χ2n) is 6.37. The minimum atomic E-state index is 0.0701. The molecule has 0 fully saturated rings. The van der Waals surface area contributed by atoms with Crippen molar-refractivity contribution in [1.82, 2.24) is 0 Å². The highest BCUT2D eigenvalue weighted by Gasteiger charge is 2.19. The summed E-state index contributed by atoms with van der Waals surface area (Å²) in [5, 5.41) is 3.32. The van der Waals surface area contributed by atoms with Crippen LogP contribution in [-0.2, 0) is 10.8 Å². The maximum atomic E-state index is 8.94. The van der Waals surface area contributed by atoms with Crippen LogP contribution in [0.1, 0.15) is 52.7 Å². The first kappa shape index (κ1) is 12.9. The van der Waals surface area contributed by atoms with Crippen LogP contribution in [0.25, 0.3) is 5.53 Å². The Balaban J connectivity index is 3.39. The summed E-state index contributed by atoms with van der Waals surface area (Å²) in [5.74, 6) is 0. The normalized spacial score (nSPS) is 12.6. The predicted molar refractivity (Wildman–Crippen MR) is 69.3 cm³/mol. The third kappa shape index (κ3) is 2.91. The van der Waals surface area contributed by atoms with Gasteiger partial charge in [0.05, 0.1) is 0 Å². The summed E-state index contributed by atoms with van der Waals surface area (Å²) in [4.78, 5) is 0. The summed E-state index contributed by atoms with van der Waals surface area (Å²) < 4.78 is 0. The molecule has 0 atom stereocenters. The smallest absolute Gasteiger partial charge is 0.0402 e. The third-order valence-corrected chi connectivity index (χ3v) is 2.77. The summed E-state index contributed by atoms with van der Waals surface area (Å²) >= 11 is 0. The molecule has 0 aliphatic carbocycles. The summed E-state index contributed by atoms with van der Waals surface area (Å²) in [6.07, 6.45) is 0. The summed E-state index contributed by atoms with van der Waals surface area (Å²) in [6.45, 7) is 13.0. The van der Waals surface area contributed by atoms with Crippen LogP contribution < -0.4 is 0 Å². The van der Waals surface area contributed by atoms with E-state index in [1.807, 2.05) is 12.1 Å². The van der Waals surface area contributed by atoms with Crippen LogP contribution in [0.3, 0.4) is 0 Å². The summed E-state index contributed by atoms with van der Waals surface area (Å²) in [5.41, 5.74) is 12.1. The van der Waals surface area contributed by atoms with Crippen molar-refractivity contribution in [3.8, 4) is 0 Å². The lowest BCUT2D eigenvalue weighted by molar-refractivity contribution is 0.569. The van der Waals surface area contributed by atoms with Gasteiger partial charge in [-0.1, -0.05) is 47.6 Å². The molecule has 2 heteroatoms. The van der Waals surface area contributed by atoms with E-state index in [1.54, 1.807) is 0 Å². The minimum absolute atomic E-state index is 0.0701. The highest BCUT2D eigenvalue weighted by atomic mass is 15.0. The zero-order valence-corrected chi connectivity index (χ0v) is 11.1. The van der Waals surface area contributed by atoms with Gasteiger partial charge in [0.15, 0.2) is 0 Å². The van der Waals surface area contributed by atoms with Gasteiger partial charge in [-0.2, -0.15) is 0 Å². The number of benzene rings is 1. The van der Waals surface area contributed by atoms with Crippen LogP contribution >= 0.6 is 0 Å². The lowest BCUT2D eigenvalue weighted by atomic mass is 9.80. The zero-order chi connectivity index (χ0) is 12.6. The second kappa shape index (κ2) is 4.00. The molecular weight excluding hydrogens is 196 g/mol. The molecule has 2 nitrogen and oxygen atoms in total. The fourth-order valence-corrected chi connectivity index (χ4v) is 1.53. The van der Waals surface area contributed by atoms with E-state index in [1.165, 1.54) is 11.1 Å². The molecule has 1 rings (SSSR count). The quantitative estimate of drug-likeness (QED) is 0.597. The van der Waals surface area contributed by atoms with Crippen molar-refractivity contribution in [2.75, 3.05) is 0 Å². The molecule has 1 aromatic carbocycles. The minimum Gasteiger partial charge on any atom is -0.706 e. The standard InChI is InChI=1S/C14H21N2/c1-13(2,3)10-7-11(14(4,5)6)9-12(8-10)16-15/h7-9H,1-6H3/q-1. The van der Waals surface area contributed by atoms with Gasteiger partial charge in [-0.3, -0.25) is 0 Å². The monoisotopic (exact) mass is 217 g/mol. The molecule has 0 heterocycles. The average Bonchev–Trinajstić information content (AvgIpc) is 2.14. The van der Waals surface area contributed by atoms with Crippen molar-refractivity contribution in [2.24, 2.45) is 5.11 Å². The molecule has 0 N–H and O–H groups in total. The van der Waals surface area contributed by atoms with E-state index in [2.05, 4.69) is 52.7 Å². The Bertz CT molecular complexity index is 360. The van der Waals surface area contributed by atoms with Crippen LogP contribution in [0.15, 0.2) is 23.3 Å². The van der Waals surface area contributed by atoms with Gasteiger partial charge in [0, 0.05) is 5.69 Å². The van der Waals surface area contributed by atoms with Crippen LogP contribution in [-0.4, -0.2) is 0 Å². The molecule has 0 radical (unpaired) electrons. The van der Waals surface area contributed by atoms with Crippen LogP contribution in [0.4, 0.5) is 5.69 Å². The first-order chi connectivity index (χ1) is 7.14. The Kier molecular flexibility index (Phi) is 3.22. The molecular formula is C14H21N2-. The van der Waals surface area contributed by atoms with E-state index in [9.17, 15) is 0 Å². The second-order valence-corrected chi connectivity index (χ2v) is 6.37. The number of hydrogen-bond donors (Lipinski definition) is 0. The van der Waals surface area contributed by atoms with Crippen molar-refractivity contribution in [2.45, 2.75) is 52.4 Å². The van der Waals surface area contributed by atoms with E-state index < -0.39 is 0 Å². The van der Waals surface area contributed by atoms with Gasteiger partial charge in [0.25, 0.3) is 0 Å². The Morgan fingerprint density at radius 2 is 1.19 bits per heavy atom. The van der Waals surface area contributed by atoms with E-state index >= 15 is 0 Å². The molecule has 0 saturated heterocycles. The first-order valence-corrected chi connectivity index (χ1v) is 5.66. The maximum Gasteiger partial charge on any atom is 0.0402 e. The van der Waals surface area contributed by atoms with Gasteiger partial charge < -0.3 is 10.6 Å². The molecule has 1 aromatic rings. The third-order valence-electron chi connectivity index (χ3n) is 2.77. The maximum absolute atomic E-state index is 8.94. The van der Waals surface area contributed by atoms with Crippen LogP contribution in [0.2, 0.25) is 0 Å². The Morgan fingerprint density at radius 3 is 1.44 bits per heavy atom. The fourth-order valence-electron chi connectivity index (χ4n) is 1.53. The molecule has 16 heavy (non-hydrogen) atoms. The van der Waals surface area contributed by atoms with E-state index in [4.69, 9.17) is 5.53 Å². The topological polar surface area (TPSA) is 34.7 Å². The van der Waals surface area contributed by atoms with E-state index in [-0.39, 0.29) is 10.8 Å². The summed E-state index contributed by atoms with van der Waals surface area (Å²) in [7, 11) is 0. The highest BCUT2D eigenvalue weighted by Crippen LogP contribution is 2.32. The molecule has 0 spiro atoms. The summed E-state index contributed by atoms with van der Waals surface area (Å²) in [6, 6.07) is 6.08. The molecule has 0 bridgehead atoms.